The number of anilines is 1. The number of methoxy groups -OCH3 is 1. The lowest BCUT2D eigenvalue weighted by Crippen LogP contribution is -2.37. The molecule has 1 rings (SSSR count). The predicted molar refractivity (Wildman–Crippen MR) is 78.4 cm³/mol. The molecule has 1 aromatic rings. The average molecular weight is 298 g/mol. The van der Waals surface area contributed by atoms with Crippen molar-refractivity contribution in [3.63, 3.8) is 0 Å². The number of rotatable bonds is 7. The molecule has 0 aromatic carbocycles. The Bertz CT molecular complexity index is 524. The Kier molecular flexibility index (Phi) is 5.69. The molecule has 0 amide bonds. The number of nitrogens with zero attached hydrogens (tertiary/aromatic N) is 4. The zero-order valence-corrected chi connectivity index (χ0v) is 13.1. The van der Waals surface area contributed by atoms with E-state index in [9.17, 15) is 14.9 Å². The fourth-order valence-corrected chi connectivity index (χ4v) is 2.18. The Morgan fingerprint density at radius 1 is 1.52 bits per heavy atom. The molecule has 0 N–H and O–H groups in total. The summed E-state index contributed by atoms with van der Waals surface area (Å²) in [6, 6.07) is -0.104. The lowest BCUT2D eigenvalue weighted by Gasteiger charge is -2.26. The fraction of sp³-hybridized carbons (Fsp3) is 0.692. The number of nitro groups is 1. The molecule has 8 heteroatoms. The van der Waals surface area contributed by atoms with Crippen LogP contribution in [-0.2, 0) is 23.0 Å². The molecule has 1 aromatic heterocycles. The summed E-state index contributed by atoms with van der Waals surface area (Å²) >= 11 is 0. The summed E-state index contributed by atoms with van der Waals surface area (Å²) < 4.78 is 6.13. The average Bonchev–Trinajstić information content (AvgIpc) is 2.72. The van der Waals surface area contributed by atoms with E-state index in [0.717, 1.165) is 6.42 Å². The molecule has 0 bridgehead atoms. The van der Waals surface area contributed by atoms with Gasteiger partial charge in [0.15, 0.2) is 0 Å². The van der Waals surface area contributed by atoms with Crippen LogP contribution in [-0.4, -0.2) is 40.4 Å². The van der Waals surface area contributed by atoms with Gasteiger partial charge < -0.3 is 9.64 Å². The van der Waals surface area contributed by atoms with E-state index in [-0.39, 0.29) is 18.3 Å². The van der Waals surface area contributed by atoms with Gasteiger partial charge in [0.1, 0.15) is 12.2 Å². The first kappa shape index (κ1) is 16.9. The second kappa shape index (κ2) is 7.05. The second-order valence-electron chi connectivity index (χ2n) is 5.05. The minimum atomic E-state index is -0.448. The zero-order valence-electron chi connectivity index (χ0n) is 13.1. The summed E-state index contributed by atoms with van der Waals surface area (Å²) in [5.41, 5.74) is 0.410. The maximum absolute atomic E-state index is 11.6. The Hall–Kier alpha value is -2.12. The summed E-state index contributed by atoms with van der Waals surface area (Å²) in [6.45, 7) is 5.60. The normalized spacial score (nSPS) is 10.8. The smallest absolute Gasteiger partial charge is 0.334 e. The maximum atomic E-state index is 11.6. The van der Waals surface area contributed by atoms with Gasteiger partial charge in [0, 0.05) is 13.1 Å². The number of esters is 1. The first-order valence-corrected chi connectivity index (χ1v) is 6.87. The Balaban J connectivity index is 3.36. The molecule has 0 radical (unpaired) electrons. The number of aromatic nitrogens is 2. The van der Waals surface area contributed by atoms with Crippen LogP contribution >= 0.6 is 0 Å². The number of aryl methyl sites for hydroxylation is 2. The molecule has 21 heavy (non-hydrogen) atoms. The highest BCUT2D eigenvalue weighted by Crippen LogP contribution is 2.33. The number of hydrogen-bond acceptors (Lipinski definition) is 6. The Morgan fingerprint density at radius 2 is 2.14 bits per heavy atom. The molecule has 0 spiro atoms. The van der Waals surface area contributed by atoms with Crippen molar-refractivity contribution in [1.82, 2.24) is 9.78 Å². The van der Waals surface area contributed by atoms with E-state index < -0.39 is 10.9 Å². The monoisotopic (exact) mass is 298 g/mol. The zero-order chi connectivity index (χ0) is 16.2. The van der Waals surface area contributed by atoms with Gasteiger partial charge in [-0.1, -0.05) is 13.3 Å². The Morgan fingerprint density at radius 3 is 2.57 bits per heavy atom. The van der Waals surface area contributed by atoms with Crippen molar-refractivity contribution in [1.29, 1.82) is 0 Å². The molecule has 0 atom stereocenters. The number of ether oxygens (including phenoxy) is 1. The van der Waals surface area contributed by atoms with Crippen molar-refractivity contribution in [3.8, 4) is 0 Å². The van der Waals surface area contributed by atoms with Crippen LogP contribution in [0.2, 0.25) is 0 Å². The first-order chi connectivity index (χ1) is 9.83. The van der Waals surface area contributed by atoms with Crippen LogP contribution in [0.3, 0.4) is 0 Å². The van der Waals surface area contributed by atoms with Crippen LogP contribution in [0.25, 0.3) is 0 Å². The van der Waals surface area contributed by atoms with Crippen molar-refractivity contribution in [2.45, 2.75) is 39.7 Å². The van der Waals surface area contributed by atoms with Gasteiger partial charge in [-0.3, -0.25) is 14.9 Å². The van der Waals surface area contributed by atoms with Crippen LogP contribution < -0.4 is 4.90 Å². The minimum absolute atomic E-state index is 0.0306. The summed E-state index contributed by atoms with van der Waals surface area (Å²) in [4.78, 5) is 24.2. The number of hydrogen-bond donors (Lipinski definition) is 0. The van der Waals surface area contributed by atoms with E-state index in [4.69, 9.17) is 0 Å². The highest BCUT2D eigenvalue weighted by molar-refractivity contribution is 5.77. The maximum Gasteiger partial charge on any atom is 0.334 e. The van der Waals surface area contributed by atoms with Crippen molar-refractivity contribution >= 4 is 17.5 Å². The van der Waals surface area contributed by atoms with Gasteiger partial charge in [-0.2, -0.15) is 5.10 Å². The van der Waals surface area contributed by atoms with Crippen molar-refractivity contribution in [2.24, 2.45) is 7.05 Å². The van der Waals surface area contributed by atoms with Gasteiger partial charge in [0.2, 0.25) is 5.82 Å². The van der Waals surface area contributed by atoms with Crippen LogP contribution in [0, 0.1) is 10.1 Å². The fourth-order valence-electron chi connectivity index (χ4n) is 2.18. The Labute approximate surface area is 123 Å². The summed E-state index contributed by atoms with van der Waals surface area (Å²) in [5.74, 6) is -0.111. The van der Waals surface area contributed by atoms with Gasteiger partial charge in [0.05, 0.1) is 12.0 Å². The third-order valence-corrected chi connectivity index (χ3v) is 3.15. The van der Waals surface area contributed by atoms with E-state index in [1.807, 2.05) is 20.8 Å². The summed E-state index contributed by atoms with van der Waals surface area (Å²) in [5, 5.41) is 15.7. The standard InChI is InChI=1S/C13H22N4O4/c1-6-7-10-12(17(19)20)13(15(4)14-10)16(9(2)3)8-11(18)21-5/h9H,6-8H2,1-5H3. The van der Waals surface area contributed by atoms with Crippen molar-refractivity contribution in [3.05, 3.63) is 15.8 Å². The topological polar surface area (TPSA) is 90.5 Å². The molecule has 0 aliphatic heterocycles. The SMILES string of the molecule is CCCc1nn(C)c(N(CC(=O)OC)C(C)C)c1[N+](=O)[O-]. The van der Waals surface area contributed by atoms with Crippen molar-refractivity contribution < 1.29 is 14.5 Å². The third-order valence-electron chi connectivity index (χ3n) is 3.15. The van der Waals surface area contributed by atoms with E-state index in [0.29, 0.717) is 17.9 Å². The summed E-state index contributed by atoms with van der Waals surface area (Å²) in [7, 11) is 2.94. The lowest BCUT2D eigenvalue weighted by molar-refractivity contribution is -0.384. The second-order valence-corrected chi connectivity index (χ2v) is 5.05. The molecule has 0 aliphatic carbocycles. The van der Waals surface area contributed by atoms with E-state index in [1.165, 1.54) is 11.8 Å². The lowest BCUT2D eigenvalue weighted by atomic mass is 10.2. The predicted octanol–water partition coefficient (Wildman–Crippen LogP) is 1.67. The molecule has 0 unspecified atom stereocenters. The molecule has 8 nitrogen and oxygen atoms in total. The molecular formula is C13H22N4O4. The van der Waals surface area contributed by atoms with Gasteiger partial charge >= 0.3 is 11.7 Å². The quantitative estimate of drug-likeness (QED) is 0.432. The van der Waals surface area contributed by atoms with Gasteiger partial charge in [-0.25, -0.2) is 4.68 Å². The molecular weight excluding hydrogens is 276 g/mol. The molecule has 0 saturated carbocycles. The van der Waals surface area contributed by atoms with Gasteiger partial charge in [-0.05, 0) is 20.3 Å². The van der Waals surface area contributed by atoms with E-state index >= 15 is 0 Å². The van der Waals surface area contributed by atoms with Crippen LogP contribution in [0.15, 0.2) is 0 Å². The van der Waals surface area contributed by atoms with Gasteiger partial charge in [-0.15, -0.1) is 0 Å². The van der Waals surface area contributed by atoms with Gasteiger partial charge in [0.25, 0.3) is 0 Å². The first-order valence-electron chi connectivity index (χ1n) is 6.87. The number of carbonyl (C=O) groups excluding carboxylic acids is 1. The molecule has 1 heterocycles. The largest absolute Gasteiger partial charge is 0.468 e. The highest BCUT2D eigenvalue weighted by atomic mass is 16.6. The molecule has 0 aliphatic rings. The summed E-state index contributed by atoms with van der Waals surface area (Å²) in [6.07, 6.45) is 1.28. The minimum Gasteiger partial charge on any atom is -0.468 e. The highest BCUT2D eigenvalue weighted by Gasteiger charge is 2.32. The van der Waals surface area contributed by atoms with E-state index in [2.05, 4.69) is 9.84 Å². The molecule has 0 fully saturated rings. The molecule has 118 valence electrons. The van der Waals surface area contributed by atoms with Crippen molar-refractivity contribution in [2.75, 3.05) is 18.6 Å². The molecule has 0 saturated heterocycles. The van der Waals surface area contributed by atoms with E-state index in [1.54, 1.807) is 11.9 Å². The van der Waals surface area contributed by atoms with Crippen LogP contribution in [0.4, 0.5) is 11.5 Å². The third kappa shape index (κ3) is 3.71. The van der Waals surface area contributed by atoms with Crippen LogP contribution in [0.5, 0.6) is 0 Å². The van der Waals surface area contributed by atoms with Crippen LogP contribution in [0.1, 0.15) is 32.9 Å². The number of carbonyl (C=O) groups is 1.